The Balaban J connectivity index is 0.000000605. The molecule has 0 amide bonds. The molecule has 0 atom stereocenters. The number of hydrogen-bond acceptors (Lipinski definition) is 4. The Kier molecular flexibility index (Phi) is 2.87. The molecule has 0 unspecified atom stereocenters. The molecule has 0 spiro atoms. The third-order valence-electron chi connectivity index (χ3n) is 1.19. The monoisotopic (exact) mass is 155 g/mol. The quantitative estimate of drug-likeness (QED) is 0.479. The summed E-state index contributed by atoms with van der Waals surface area (Å²) in [5.74, 6) is 0. The minimum absolute atomic E-state index is 0. The van der Waals surface area contributed by atoms with Gasteiger partial charge in [0.05, 0.1) is 12.4 Å². The molecule has 0 aromatic heterocycles. The second kappa shape index (κ2) is 3.71. The average Bonchev–Trinajstić information content (AvgIpc) is 2.59. The average molecular weight is 155 g/mol. The second-order valence-electron chi connectivity index (χ2n) is 1.83. The van der Waals surface area contributed by atoms with Crippen LogP contribution in [0.3, 0.4) is 0 Å². The van der Waals surface area contributed by atoms with E-state index in [0.717, 1.165) is 11.4 Å². The van der Waals surface area contributed by atoms with Gasteiger partial charge in [-0.15, -0.1) is 10.2 Å². The van der Waals surface area contributed by atoms with Gasteiger partial charge in [-0.1, -0.05) is 0 Å². The Morgan fingerprint density at radius 3 is 1.55 bits per heavy atom. The van der Waals surface area contributed by atoms with Crippen molar-refractivity contribution in [3.05, 3.63) is 35.9 Å². The summed E-state index contributed by atoms with van der Waals surface area (Å²) in [6, 6.07) is 0. The molecule has 0 saturated carbocycles. The van der Waals surface area contributed by atoms with E-state index in [4.69, 9.17) is 0 Å². The molecule has 0 saturated heterocycles. The van der Waals surface area contributed by atoms with Crippen LogP contribution in [0.15, 0.2) is 56.4 Å². The fourth-order valence-electron chi connectivity index (χ4n) is 0.739. The predicted molar refractivity (Wildman–Crippen MR) is 40.8 cm³/mol. The third-order valence-corrected chi connectivity index (χ3v) is 1.19. The van der Waals surface area contributed by atoms with Gasteiger partial charge >= 0.3 is 0 Å². The van der Waals surface area contributed by atoms with Crippen LogP contribution in [0.1, 0.15) is 0 Å². The summed E-state index contributed by atoms with van der Waals surface area (Å²) >= 11 is 0. The molecular formula is C6H4N4Na. The number of nitrogens with zero attached hydrogens (tertiary/aromatic N) is 4. The van der Waals surface area contributed by atoms with Gasteiger partial charge in [0.15, 0.2) is 0 Å². The van der Waals surface area contributed by atoms with Crippen molar-refractivity contribution in [2.45, 2.75) is 0 Å². The SMILES string of the molecule is C1=CC(=C2C=CN=N2)N=N1.[Na]. The van der Waals surface area contributed by atoms with Crippen LogP contribution < -0.4 is 0 Å². The van der Waals surface area contributed by atoms with Crippen LogP contribution in [0.5, 0.6) is 0 Å². The summed E-state index contributed by atoms with van der Waals surface area (Å²) < 4.78 is 0. The van der Waals surface area contributed by atoms with E-state index in [1.165, 1.54) is 0 Å². The second-order valence-corrected chi connectivity index (χ2v) is 1.83. The Bertz CT molecular complexity index is 240. The first kappa shape index (κ1) is 8.52. The van der Waals surface area contributed by atoms with Crippen molar-refractivity contribution in [3.63, 3.8) is 0 Å². The molecule has 2 aliphatic rings. The van der Waals surface area contributed by atoms with Gasteiger partial charge in [0.1, 0.15) is 11.4 Å². The van der Waals surface area contributed by atoms with Crippen LogP contribution >= 0.6 is 0 Å². The first-order chi connectivity index (χ1) is 4.97. The van der Waals surface area contributed by atoms with Gasteiger partial charge in [0.25, 0.3) is 0 Å². The molecule has 2 heterocycles. The third kappa shape index (κ3) is 1.71. The number of allylic oxidation sites excluding steroid dienone is 2. The van der Waals surface area contributed by atoms with Gasteiger partial charge in [-0.3, -0.25) is 0 Å². The molecule has 2 aliphatic heterocycles. The van der Waals surface area contributed by atoms with Crippen molar-refractivity contribution in [2.24, 2.45) is 20.5 Å². The fourth-order valence-corrected chi connectivity index (χ4v) is 0.739. The number of rotatable bonds is 0. The summed E-state index contributed by atoms with van der Waals surface area (Å²) in [5, 5.41) is 14.9. The van der Waals surface area contributed by atoms with E-state index in [-0.39, 0.29) is 29.6 Å². The van der Waals surface area contributed by atoms with E-state index in [2.05, 4.69) is 20.5 Å². The molecule has 1 radical (unpaired) electrons. The Morgan fingerprint density at radius 1 is 0.818 bits per heavy atom. The Morgan fingerprint density at radius 2 is 1.27 bits per heavy atom. The molecule has 0 fully saturated rings. The van der Waals surface area contributed by atoms with E-state index < -0.39 is 0 Å². The maximum absolute atomic E-state index is 3.81. The van der Waals surface area contributed by atoms with Crippen molar-refractivity contribution in [2.75, 3.05) is 0 Å². The molecule has 0 aromatic carbocycles. The maximum Gasteiger partial charge on any atom is 0.115 e. The van der Waals surface area contributed by atoms with Crippen LogP contribution in [0.4, 0.5) is 0 Å². The number of azo groups is 2. The zero-order chi connectivity index (χ0) is 6.81. The predicted octanol–water partition coefficient (Wildman–Crippen LogP) is 1.78. The zero-order valence-electron chi connectivity index (χ0n) is 6.10. The molecular weight excluding hydrogens is 151 g/mol. The summed E-state index contributed by atoms with van der Waals surface area (Å²) in [7, 11) is 0. The van der Waals surface area contributed by atoms with Gasteiger partial charge in [0, 0.05) is 29.6 Å². The summed E-state index contributed by atoms with van der Waals surface area (Å²) in [4.78, 5) is 0. The Hall–Kier alpha value is -0.580. The van der Waals surface area contributed by atoms with Crippen molar-refractivity contribution in [1.29, 1.82) is 0 Å². The van der Waals surface area contributed by atoms with Crippen molar-refractivity contribution in [1.82, 2.24) is 0 Å². The zero-order valence-corrected chi connectivity index (χ0v) is 8.10. The molecule has 4 nitrogen and oxygen atoms in total. The first-order valence-corrected chi connectivity index (χ1v) is 2.86. The van der Waals surface area contributed by atoms with Gasteiger partial charge < -0.3 is 0 Å². The number of hydrogen-bond donors (Lipinski definition) is 0. The molecule has 49 valence electrons. The van der Waals surface area contributed by atoms with E-state index in [1.807, 2.05) is 0 Å². The van der Waals surface area contributed by atoms with E-state index in [1.54, 1.807) is 24.6 Å². The van der Waals surface area contributed by atoms with Crippen LogP contribution in [0.25, 0.3) is 0 Å². The maximum atomic E-state index is 3.81. The van der Waals surface area contributed by atoms with E-state index in [0.29, 0.717) is 0 Å². The molecule has 5 heteroatoms. The van der Waals surface area contributed by atoms with Crippen LogP contribution in [-0.4, -0.2) is 29.6 Å². The normalized spacial score (nSPS) is 24.7. The molecule has 0 aromatic rings. The molecule has 0 N–H and O–H groups in total. The standard InChI is InChI=1S/C6H4N4.Na/c1-3-7-9-5(1)6-2-4-8-10-6;/h1-4H;. The molecule has 0 aliphatic carbocycles. The van der Waals surface area contributed by atoms with Crippen LogP contribution in [0, 0.1) is 0 Å². The smallest absolute Gasteiger partial charge is 0.115 e. The van der Waals surface area contributed by atoms with Gasteiger partial charge in [-0.2, -0.15) is 10.2 Å². The van der Waals surface area contributed by atoms with Gasteiger partial charge in [-0.05, 0) is 12.2 Å². The van der Waals surface area contributed by atoms with Crippen molar-refractivity contribution in [3.8, 4) is 0 Å². The minimum Gasteiger partial charge on any atom is -0.158 e. The topological polar surface area (TPSA) is 49.4 Å². The van der Waals surface area contributed by atoms with E-state index >= 15 is 0 Å². The summed E-state index contributed by atoms with van der Waals surface area (Å²) in [6.07, 6.45) is 6.85. The van der Waals surface area contributed by atoms with Crippen molar-refractivity contribution < 1.29 is 0 Å². The fraction of sp³-hybridized carbons (Fsp3) is 0. The minimum atomic E-state index is 0. The molecule has 2 rings (SSSR count). The van der Waals surface area contributed by atoms with Crippen molar-refractivity contribution >= 4 is 29.6 Å². The van der Waals surface area contributed by atoms with Gasteiger partial charge in [0.2, 0.25) is 0 Å². The largest absolute Gasteiger partial charge is 0.158 e. The van der Waals surface area contributed by atoms with Crippen LogP contribution in [-0.2, 0) is 0 Å². The summed E-state index contributed by atoms with van der Waals surface area (Å²) in [6.45, 7) is 0. The molecule has 11 heavy (non-hydrogen) atoms. The first-order valence-electron chi connectivity index (χ1n) is 2.86. The summed E-state index contributed by atoms with van der Waals surface area (Å²) in [5.41, 5.74) is 1.55. The Labute approximate surface area is 85.8 Å². The van der Waals surface area contributed by atoms with E-state index in [9.17, 15) is 0 Å². The molecule has 0 bridgehead atoms. The van der Waals surface area contributed by atoms with Crippen LogP contribution in [0.2, 0.25) is 0 Å². The van der Waals surface area contributed by atoms with Gasteiger partial charge in [-0.25, -0.2) is 0 Å².